The van der Waals surface area contributed by atoms with Crippen LogP contribution < -0.4 is 5.32 Å². The number of nitrogens with zero attached hydrogens (tertiary/aromatic N) is 2. The van der Waals surface area contributed by atoms with E-state index in [-0.39, 0.29) is 5.91 Å². The van der Waals surface area contributed by atoms with Crippen molar-refractivity contribution in [3.63, 3.8) is 0 Å². The number of nitrogens with one attached hydrogen (secondary N) is 1. The first-order valence-electron chi connectivity index (χ1n) is 6.32. The highest BCUT2D eigenvalue weighted by atomic mass is 16.5. The van der Waals surface area contributed by atoms with Gasteiger partial charge in [0.1, 0.15) is 5.82 Å². The van der Waals surface area contributed by atoms with E-state index in [2.05, 4.69) is 20.0 Å². The molecule has 6 heteroatoms. The van der Waals surface area contributed by atoms with Crippen molar-refractivity contribution in [1.82, 2.24) is 9.97 Å². The first kappa shape index (κ1) is 14.6. The molecule has 2 aromatic rings. The summed E-state index contributed by atoms with van der Waals surface area (Å²) in [5.74, 6) is -0.286. The lowest BCUT2D eigenvalue weighted by Crippen LogP contribution is -2.17. The number of hydrogen-bond acceptors (Lipinski definition) is 5. The summed E-state index contributed by atoms with van der Waals surface area (Å²) in [5.41, 5.74) is 1.61. The molecular weight excluding hydrogens is 270 g/mol. The minimum Gasteiger partial charge on any atom is -0.465 e. The molecule has 0 spiro atoms. The molecule has 1 aromatic heterocycles. The summed E-state index contributed by atoms with van der Waals surface area (Å²) in [6.07, 6.45) is 1.47. The molecular formula is C15H15N3O3. The predicted octanol–water partition coefficient (Wildman–Crippen LogP) is 2.13. The maximum Gasteiger partial charge on any atom is 0.339 e. The average Bonchev–Trinajstić information content (AvgIpc) is 2.46. The van der Waals surface area contributed by atoms with Crippen LogP contribution in [0.15, 0.2) is 30.5 Å². The van der Waals surface area contributed by atoms with Crippen LogP contribution in [0.1, 0.15) is 32.2 Å². The zero-order chi connectivity index (χ0) is 15.4. The molecule has 1 amide bonds. The standard InChI is InChI=1S/C15H15N3O3/c1-9-12(8-16-10(2)17-9)14(19)18-13-7-5-4-6-11(13)15(20)21-3/h4-8H,1-3H3,(H,18,19). The Morgan fingerprint density at radius 3 is 2.52 bits per heavy atom. The SMILES string of the molecule is COC(=O)c1ccccc1NC(=O)c1cnc(C)nc1C. The number of amides is 1. The van der Waals surface area contributed by atoms with Gasteiger partial charge >= 0.3 is 5.97 Å². The molecule has 1 N–H and O–H groups in total. The van der Waals surface area contributed by atoms with Crippen LogP contribution in [0, 0.1) is 13.8 Å². The number of aromatic nitrogens is 2. The van der Waals surface area contributed by atoms with Gasteiger partial charge in [0.15, 0.2) is 0 Å². The van der Waals surface area contributed by atoms with Crippen molar-refractivity contribution >= 4 is 17.6 Å². The summed E-state index contributed by atoms with van der Waals surface area (Å²) in [7, 11) is 1.29. The highest BCUT2D eigenvalue weighted by Crippen LogP contribution is 2.17. The molecule has 0 radical (unpaired) electrons. The number of esters is 1. The summed E-state index contributed by atoms with van der Waals surface area (Å²) >= 11 is 0. The van der Waals surface area contributed by atoms with Crippen molar-refractivity contribution in [2.75, 3.05) is 12.4 Å². The number of para-hydroxylation sites is 1. The lowest BCUT2D eigenvalue weighted by molar-refractivity contribution is 0.0602. The summed E-state index contributed by atoms with van der Waals surface area (Å²) in [5, 5.41) is 2.68. The van der Waals surface area contributed by atoms with Crippen LogP contribution in [0.5, 0.6) is 0 Å². The van der Waals surface area contributed by atoms with Crippen LogP contribution in [0.4, 0.5) is 5.69 Å². The Kier molecular flexibility index (Phi) is 4.27. The fourth-order valence-electron chi connectivity index (χ4n) is 1.88. The fourth-order valence-corrected chi connectivity index (χ4v) is 1.88. The molecule has 6 nitrogen and oxygen atoms in total. The second-order valence-corrected chi connectivity index (χ2v) is 4.41. The van der Waals surface area contributed by atoms with Crippen molar-refractivity contribution < 1.29 is 14.3 Å². The maximum atomic E-state index is 12.3. The number of anilines is 1. The van der Waals surface area contributed by atoms with Gasteiger partial charge in [0, 0.05) is 6.20 Å². The zero-order valence-corrected chi connectivity index (χ0v) is 12.0. The Bertz CT molecular complexity index is 698. The van der Waals surface area contributed by atoms with Gasteiger partial charge in [-0.25, -0.2) is 14.8 Å². The molecule has 0 saturated heterocycles. The zero-order valence-electron chi connectivity index (χ0n) is 12.0. The molecule has 0 aliphatic rings. The van der Waals surface area contributed by atoms with E-state index in [4.69, 9.17) is 0 Å². The number of aryl methyl sites for hydroxylation is 2. The third-order valence-corrected chi connectivity index (χ3v) is 2.92. The second kappa shape index (κ2) is 6.13. The average molecular weight is 285 g/mol. The second-order valence-electron chi connectivity index (χ2n) is 4.41. The van der Waals surface area contributed by atoms with Crippen molar-refractivity contribution in [2.24, 2.45) is 0 Å². The fraction of sp³-hybridized carbons (Fsp3) is 0.200. The molecule has 21 heavy (non-hydrogen) atoms. The molecule has 0 aliphatic carbocycles. The van der Waals surface area contributed by atoms with E-state index in [1.54, 1.807) is 38.1 Å². The maximum absolute atomic E-state index is 12.3. The number of ether oxygens (including phenoxy) is 1. The number of benzene rings is 1. The van der Waals surface area contributed by atoms with E-state index in [0.717, 1.165) is 0 Å². The summed E-state index contributed by atoms with van der Waals surface area (Å²) in [4.78, 5) is 32.1. The molecule has 1 aromatic carbocycles. The first-order chi connectivity index (χ1) is 10.0. The number of rotatable bonds is 3. The van der Waals surface area contributed by atoms with Crippen molar-refractivity contribution in [3.05, 3.63) is 53.1 Å². The van der Waals surface area contributed by atoms with Crippen LogP contribution in [-0.2, 0) is 4.74 Å². The summed E-state index contributed by atoms with van der Waals surface area (Å²) in [6, 6.07) is 6.64. The van der Waals surface area contributed by atoms with E-state index in [1.807, 2.05) is 0 Å². The molecule has 2 rings (SSSR count). The highest BCUT2D eigenvalue weighted by Gasteiger charge is 2.16. The van der Waals surface area contributed by atoms with Crippen LogP contribution in [0.25, 0.3) is 0 Å². The van der Waals surface area contributed by atoms with Gasteiger partial charge in [0.25, 0.3) is 5.91 Å². The van der Waals surface area contributed by atoms with Gasteiger partial charge in [-0.15, -0.1) is 0 Å². The molecule has 0 fully saturated rings. The number of hydrogen-bond donors (Lipinski definition) is 1. The minimum atomic E-state index is -0.511. The topological polar surface area (TPSA) is 81.2 Å². The summed E-state index contributed by atoms with van der Waals surface area (Å²) < 4.78 is 4.69. The molecule has 1 heterocycles. The van der Waals surface area contributed by atoms with E-state index < -0.39 is 5.97 Å². The van der Waals surface area contributed by atoms with Gasteiger partial charge in [0.05, 0.1) is 29.6 Å². The van der Waals surface area contributed by atoms with Gasteiger partial charge in [0.2, 0.25) is 0 Å². The van der Waals surface area contributed by atoms with E-state index in [9.17, 15) is 9.59 Å². The van der Waals surface area contributed by atoms with Gasteiger partial charge in [-0.05, 0) is 26.0 Å². The van der Waals surface area contributed by atoms with E-state index >= 15 is 0 Å². The smallest absolute Gasteiger partial charge is 0.339 e. The Labute approximate surface area is 122 Å². The van der Waals surface area contributed by atoms with E-state index in [1.165, 1.54) is 13.3 Å². The van der Waals surface area contributed by atoms with Gasteiger partial charge in [-0.1, -0.05) is 12.1 Å². The van der Waals surface area contributed by atoms with Crippen LogP contribution in [0.2, 0.25) is 0 Å². The van der Waals surface area contributed by atoms with Gasteiger partial charge in [-0.2, -0.15) is 0 Å². The highest BCUT2D eigenvalue weighted by molar-refractivity contribution is 6.08. The summed E-state index contributed by atoms with van der Waals surface area (Å²) in [6.45, 7) is 3.48. The normalized spacial score (nSPS) is 10.0. The third-order valence-electron chi connectivity index (χ3n) is 2.92. The Morgan fingerprint density at radius 1 is 1.14 bits per heavy atom. The van der Waals surface area contributed by atoms with Crippen molar-refractivity contribution in [3.8, 4) is 0 Å². The molecule has 0 saturated carbocycles. The van der Waals surface area contributed by atoms with Gasteiger partial charge in [-0.3, -0.25) is 4.79 Å². The van der Waals surface area contributed by atoms with Crippen LogP contribution in [-0.4, -0.2) is 29.0 Å². The molecule has 0 aliphatic heterocycles. The number of carbonyl (C=O) groups excluding carboxylic acids is 2. The molecule has 0 bridgehead atoms. The lowest BCUT2D eigenvalue weighted by atomic mass is 10.1. The van der Waals surface area contributed by atoms with Crippen molar-refractivity contribution in [1.29, 1.82) is 0 Å². The quantitative estimate of drug-likeness (QED) is 0.874. The predicted molar refractivity (Wildman–Crippen MR) is 77.2 cm³/mol. The first-order valence-corrected chi connectivity index (χ1v) is 6.32. The van der Waals surface area contributed by atoms with E-state index in [0.29, 0.717) is 28.3 Å². The molecule has 108 valence electrons. The Morgan fingerprint density at radius 2 is 1.86 bits per heavy atom. The number of carbonyl (C=O) groups is 2. The van der Waals surface area contributed by atoms with Crippen LogP contribution >= 0.6 is 0 Å². The monoisotopic (exact) mass is 285 g/mol. The lowest BCUT2D eigenvalue weighted by Gasteiger charge is -2.10. The Hall–Kier alpha value is -2.76. The largest absolute Gasteiger partial charge is 0.465 e. The Balaban J connectivity index is 2.30. The van der Waals surface area contributed by atoms with Crippen molar-refractivity contribution in [2.45, 2.75) is 13.8 Å². The van der Waals surface area contributed by atoms with Gasteiger partial charge < -0.3 is 10.1 Å². The molecule has 0 atom stereocenters. The minimum absolute atomic E-state index is 0.291. The molecule has 0 unspecified atom stereocenters. The number of methoxy groups -OCH3 is 1. The van der Waals surface area contributed by atoms with Crippen LogP contribution in [0.3, 0.4) is 0 Å². The third kappa shape index (κ3) is 3.22.